The van der Waals surface area contributed by atoms with Gasteiger partial charge >= 0.3 is 0 Å². The normalized spacial score (nSPS) is 10.6. The van der Waals surface area contributed by atoms with Gasteiger partial charge in [0.05, 0.1) is 23.3 Å². The minimum atomic E-state index is -0.482. The molecule has 0 amide bonds. The van der Waals surface area contributed by atoms with E-state index in [1.165, 1.54) is 31.4 Å². The lowest BCUT2D eigenvalue weighted by Crippen LogP contribution is -2.05. The zero-order valence-corrected chi connectivity index (χ0v) is 16.7. The number of aromatic amines is 1. The van der Waals surface area contributed by atoms with Crippen LogP contribution in [0, 0.1) is 10.1 Å². The average Bonchev–Trinajstić information content (AvgIpc) is 3.18. The summed E-state index contributed by atoms with van der Waals surface area (Å²) in [4.78, 5) is 26.9. The summed E-state index contributed by atoms with van der Waals surface area (Å²) in [7, 11) is 1.49. The van der Waals surface area contributed by atoms with Gasteiger partial charge in [-0.05, 0) is 30.3 Å². The SMILES string of the molecule is COc1ccc(Cl)cc1C(=O)CSc1n[nH]c(COc2ccc([N+](=O)[O-])cc2)n1. The van der Waals surface area contributed by atoms with Crippen LogP contribution in [-0.4, -0.2) is 38.8 Å². The topological polar surface area (TPSA) is 120 Å². The van der Waals surface area contributed by atoms with E-state index in [0.29, 0.717) is 33.1 Å². The molecule has 0 aliphatic heterocycles. The highest BCUT2D eigenvalue weighted by Gasteiger charge is 2.15. The van der Waals surface area contributed by atoms with Crippen LogP contribution in [-0.2, 0) is 6.61 Å². The van der Waals surface area contributed by atoms with E-state index >= 15 is 0 Å². The Morgan fingerprint density at radius 2 is 2.03 bits per heavy atom. The third-order valence-electron chi connectivity index (χ3n) is 3.73. The van der Waals surface area contributed by atoms with Crippen molar-refractivity contribution in [2.45, 2.75) is 11.8 Å². The summed E-state index contributed by atoms with van der Waals surface area (Å²) in [5.74, 6) is 1.31. The van der Waals surface area contributed by atoms with Crippen molar-refractivity contribution in [3.05, 3.63) is 69.0 Å². The first-order chi connectivity index (χ1) is 14.0. The van der Waals surface area contributed by atoms with E-state index in [1.807, 2.05) is 0 Å². The van der Waals surface area contributed by atoms with Crippen LogP contribution in [0.3, 0.4) is 0 Å². The van der Waals surface area contributed by atoms with Crippen molar-refractivity contribution in [2.24, 2.45) is 0 Å². The fourth-order valence-corrected chi connectivity index (χ4v) is 3.20. The van der Waals surface area contributed by atoms with E-state index in [2.05, 4.69) is 15.2 Å². The Labute approximate surface area is 174 Å². The quantitative estimate of drug-likeness (QED) is 0.233. The molecule has 0 aliphatic carbocycles. The van der Waals surface area contributed by atoms with Crippen LogP contribution in [0.1, 0.15) is 16.2 Å². The van der Waals surface area contributed by atoms with Crippen LogP contribution < -0.4 is 9.47 Å². The maximum Gasteiger partial charge on any atom is 0.269 e. The number of benzene rings is 2. The molecule has 2 aromatic carbocycles. The van der Waals surface area contributed by atoms with Gasteiger partial charge in [-0.2, -0.15) is 0 Å². The lowest BCUT2D eigenvalue weighted by Gasteiger charge is -2.07. The minimum Gasteiger partial charge on any atom is -0.496 e. The number of Topliss-reactive ketones (excluding diaryl/α,β-unsaturated/α-hetero) is 1. The van der Waals surface area contributed by atoms with E-state index in [1.54, 1.807) is 18.2 Å². The lowest BCUT2D eigenvalue weighted by atomic mass is 10.1. The fraction of sp³-hybridized carbons (Fsp3) is 0.167. The molecule has 0 saturated carbocycles. The molecule has 3 aromatic rings. The Hall–Kier alpha value is -3.11. The van der Waals surface area contributed by atoms with Crippen LogP contribution in [0.2, 0.25) is 5.02 Å². The Kier molecular flexibility index (Phi) is 6.68. The van der Waals surface area contributed by atoms with Crippen molar-refractivity contribution >= 4 is 34.8 Å². The summed E-state index contributed by atoms with van der Waals surface area (Å²) < 4.78 is 10.7. The second-order valence-corrected chi connectivity index (χ2v) is 7.04. The number of rotatable bonds is 9. The van der Waals surface area contributed by atoms with Crippen molar-refractivity contribution in [3.8, 4) is 11.5 Å². The second-order valence-electron chi connectivity index (χ2n) is 5.66. The fourth-order valence-electron chi connectivity index (χ4n) is 2.33. The molecule has 3 rings (SSSR count). The van der Waals surface area contributed by atoms with E-state index in [9.17, 15) is 14.9 Å². The predicted octanol–water partition coefficient (Wildman–Crippen LogP) is 3.93. The van der Waals surface area contributed by atoms with Gasteiger partial charge in [0.25, 0.3) is 5.69 Å². The Bertz CT molecular complexity index is 1030. The number of thioether (sulfide) groups is 1. The van der Waals surface area contributed by atoms with Gasteiger partial charge in [-0.1, -0.05) is 23.4 Å². The van der Waals surface area contributed by atoms with Gasteiger partial charge < -0.3 is 9.47 Å². The molecule has 0 radical (unpaired) electrons. The molecule has 0 fully saturated rings. The molecule has 0 atom stereocenters. The number of aromatic nitrogens is 3. The first-order valence-corrected chi connectivity index (χ1v) is 9.60. The van der Waals surface area contributed by atoms with Gasteiger partial charge in [-0.3, -0.25) is 20.0 Å². The van der Waals surface area contributed by atoms with Gasteiger partial charge in [0, 0.05) is 17.2 Å². The Morgan fingerprint density at radius 1 is 1.28 bits per heavy atom. The van der Waals surface area contributed by atoms with Crippen molar-refractivity contribution in [1.82, 2.24) is 15.2 Å². The molecule has 1 heterocycles. The first kappa shape index (κ1) is 20.6. The molecular weight excluding hydrogens is 420 g/mol. The predicted molar refractivity (Wildman–Crippen MR) is 107 cm³/mol. The summed E-state index contributed by atoms with van der Waals surface area (Å²) in [6.45, 7) is 0.0986. The third kappa shape index (κ3) is 5.46. The number of H-pyrrole nitrogens is 1. The minimum absolute atomic E-state index is 0.0169. The molecule has 150 valence electrons. The molecule has 0 spiro atoms. The number of carbonyl (C=O) groups is 1. The highest BCUT2D eigenvalue weighted by molar-refractivity contribution is 7.99. The largest absolute Gasteiger partial charge is 0.496 e. The molecule has 0 bridgehead atoms. The van der Waals surface area contributed by atoms with Gasteiger partial charge in [0.2, 0.25) is 5.16 Å². The number of halogens is 1. The summed E-state index contributed by atoms with van der Waals surface area (Å²) in [6, 6.07) is 10.6. The van der Waals surface area contributed by atoms with Gasteiger partial charge in [-0.15, -0.1) is 5.10 Å². The number of ether oxygens (including phenoxy) is 2. The highest BCUT2D eigenvalue weighted by atomic mass is 35.5. The first-order valence-electron chi connectivity index (χ1n) is 8.24. The standard InChI is InChI=1S/C18H15ClN4O5S/c1-27-16-7-2-11(19)8-14(16)15(24)10-29-18-20-17(21-22-18)9-28-13-5-3-12(4-6-13)23(25)26/h2-8H,9-10H2,1H3,(H,20,21,22). The summed E-state index contributed by atoms with van der Waals surface area (Å²) in [6.07, 6.45) is 0. The van der Waals surface area contributed by atoms with Crippen molar-refractivity contribution < 1.29 is 19.2 Å². The smallest absolute Gasteiger partial charge is 0.269 e. The molecule has 1 N–H and O–H groups in total. The molecule has 11 heteroatoms. The number of nitrogens with one attached hydrogen (secondary N) is 1. The number of non-ortho nitro benzene ring substituents is 1. The monoisotopic (exact) mass is 434 g/mol. The summed E-state index contributed by atoms with van der Waals surface area (Å²) in [5, 5.41) is 18.3. The summed E-state index contributed by atoms with van der Waals surface area (Å²) >= 11 is 7.12. The van der Waals surface area contributed by atoms with Gasteiger partial charge in [0.15, 0.2) is 11.6 Å². The van der Waals surface area contributed by atoms with E-state index < -0.39 is 4.92 Å². The van der Waals surface area contributed by atoms with E-state index in [4.69, 9.17) is 21.1 Å². The molecule has 0 unspecified atom stereocenters. The van der Waals surface area contributed by atoms with E-state index in [-0.39, 0.29) is 23.8 Å². The summed E-state index contributed by atoms with van der Waals surface area (Å²) in [5.41, 5.74) is 0.376. The van der Waals surface area contributed by atoms with Crippen LogP contribution in [0.5, 0.6) is 11.5 Å². The molecule has 29 heavy (non-hydrogen) atoms. The molecule has 1 aromatic heterocycles. The van der Waals surface area contributed by atoms with Crippen molar-refractivity contribution in [2.75, 3.05) is 12.9 Å². The zero-order valence-electron chi connectivity index (χ0n) is 15.1. The number of nitro benzene ring substituents is 1. The number of nitro groups is 1. The number of hydrogen-bond acceptors (Lipinski definition) is 8. The van der Waals surface area contributed by atoms with Crippen LogP contribution >= 0.6 is 23.4 Å². The molecule has 0 saturated heterocycles. The van der Waals surface area contributed by atoms with Gasteiger partial charge in [0.1, 0.15) is 18.1 Å². The van der Waals surface area contributed by atoms with Crippen LogP contribution in [0.25, 0.3) is 0 Å². The van der Waals surface area contributed by atoms with Gasteiger partial charge in [-0.25, -0.2) is 4.98 Å². The average molecular weight is 435 g/mol. The van der Waals surface area contributed by atoms with Crippen molar-refractivity contribution in [1.29, 1.82) is 0 Å². The second kappa shape index (κ2) is 9.39. The Morgan fingerprint density at radius 3 is 2.72 bits per heavy atom. The highest BCUT2D eigenvalue weighted by Crippen LogP contribution is 2.25. The molecule has 0 aliphatic rings. The Balaban J connectivity index is 1.54. The maximum atomic E-state index is 12.4. The number of hydrogen-bond donors (Lipinski definition) is 1. The zero-order chi connectivity index (χ0) is 20.8. The molecule has 9 nitrogen and oxygen atoms in total. The lowest BCUT2D eigenvalue weighted by molar-refractivity contribution is -0.384. The maximum absolute atomic E-state index is 12.4. The number of nitrogens with zero attached hydrogens (tertiary/aromatic N) is 3. The van der Waals surface area contributed by atoms with Crippen molar-refractivity contribution in [3.63, 3.8) is 0 Å². The van der Waals surface area contributed by atoms with Crippen LogP contribution in [0.4, 0.5) is 5.69 Å². The number of methoxy groups -OCH3 is 1. The molecular formula is C18H15ClN4O5S. The number of carbonyl (C=O) groups excluding carboxylic acids is 1. The van der Waals surface area contributed by atoms with E-state index in [0.717, 1.165) is 11.8 Å². The third-order valence-corrected chi connectivity index (χ3v) is 4.81. The van der Waals surface area contributed by atoms with Crippen LogP contribution in [0.15, 0.2) is 47.6 Å². The number of ketones is 1.